The summed E-state index contributed by atoms with van der Waals surface area (Å²) in [5.41, 5.74) is 3.57. The van der Waals surface area contributed by atoms with Crippen LogP contribution in [-0.4, -0.2) is 25.3 Å². The summed E-state index contributed by atoms with van der Waals surface area (Å²) in [6.45, 7) is 3.25. The first kappa shape index (κ1) is 18.8. The Balaban J connectivity index is 2.08. The highest BCUT2D eigenvalue weighted by atomic mass is 32.2. The van der Waals surface area contributed by atoms with Gasteiger partial charge in [0.1, 0.15) is 11.8 Å². The number of sulfonamides is 1. The summed E-state index contributed by atoms with van der Waals surface area (Å²) in [7, 11) is 0.101. The molecule has 0 saturated carbocycles. The number of ether oxygens (including phenoxy) is 1. The second kappa shape index (κ2) is 6.97. The molecule has 140 valence electrons. The Morgan fingerprint density at radius 2 is 1.81 bits per heavy atom. The molecular formula is C20H21N3O3S. The Kier molecular flexibility index (Phi) is 4.85. The highest BCUT2D eigenvalue weighted by Crippen LogP contribution is 2.34. The molecule has 0 aliphatic rings. The quantitative estimate of drug-likeness (QED) is 0.725. The molecule has 0 aliphatic heterocycles. The number of nitrogens with zero attached hydrogens (tertiary/aromatic N) is 2. The van der Waals surface area contributed by atoms with Gasteiger partial charge in [0.15, 0.2) is 0 Å². The van der Waals surface area contributed by atoms with Crippen molar-refractivity contribution >= 4 is 26.6 Å². The Hall–Kier alpha value is -2.98. The highest BCUT2D eigenvalue weighted by molar-refractivity contribution is 7.93. The van der Waals surface area contributed by atoms with Crippen LogP contribution in [0.3, 0.4) is 0 Å². The van der Waals surface area contributed by atoms with Crippen molar-refractivity contribution in [2.45, 2.75) is 19.1 Å². The third kappa shape index (κ3) is 3.36. The third-order valence-electron chi connectivity index (χ3n) is 4.56. The molecule has 0 spiro atoms. The van der Waals surface area contributed by atoms with Crippen molar-refractivity contribution in [1.82, 2.24) is 4.57 Å². The normalized spacial score (nSPS) is 11.6. The number of rotatable bonds is 5. The molecule has 0 bridgehead atoms. The third-order valence-corrected chi connectivity index (χ3v) is 6.32. The average Bonchev–Trinajstić information content (AvgIpc) is 2.93. The number of methoxy groups -OCH3 is 1. The summed E-state index contributed by atoms with van der Waals surface area (Å²) in [4.78, 5) is 0. The first-order chi connectivity index (χ1) is 12.8. The standard InChI is InChI=1S/C20H21N3O3S/c1-13(2)27(24,25)22-15-7-5-14(6-8-15)20-18(12-21)17-10-9-16(26-4)11-19(17)23(20)3/h5-11,13,22H,1-4H3. The van der Waals surface area contributed by atoms with Gasteiger partial charge < -0.3 is 9.30 Å². The minimum Gasteiger partial charge on any atom is -0.497 e. The second-order valence-corrected chi connectivity index (χ2v) is 8.79. The number of hydrogen-bond donors (Lipinski definition) is 1. The zero-order valence-electron chi connectivity index (χ0n) is 15.6. The van der Waals surface area contributed by atoms with E-state index in [1.165, 1.54) is 0 Å². The zero-order chi connectivity index (χ0) is 19.8. The highest BCUT2D eigenvalue weighted by Gasteiger charge is 2.18. The summed E-state index contributed by atoms with van der Waals surface area (Å²) in [6.07, 6.45) is 0. The van der Waals surface area contributed by atoms with E-state index in [2.05, 4.69) is 10.8 Å². The van der Waals surface area contributed by atoms with Crippen LogP contribution in [0.1, 0.15) is 19.4 Å². The second-order valence-electron chi connectivity index (χ2n) is 6.55. The monoisotopic (exact) mass is 383 g/mol. The smallest absolute Gasteiger partial charge is 0.235 e. The van der Waals surface area contributed by atoms with Gasteiger partial charge in [0, 0.05) is 24.2 Å². The van der Waals surface area contributed by atoms with E-state index in [4.69, 9.17) is 4.74 Å². The van der Waals surface area contributed by atoms with E-state index in [1.807, 2.05) is 41.9 Å². The molecule has 0 unspecified atom stereocenters. The predicted molar refractivity (Wildman–Crippen MR) is 107 cm³/mol. The first-order valence-electron chi connectivity index (χ1n) is 8.47. The van der Waals surface area contributed by atoms with Crippen LogP contribution in [0.25, 0.3) is 22.2 Å². The van der Waals surface area contributed by atoms with Crippen LogP contribution in [0.5, 0.6) is 5.75 Å². The van der Waals surface area contributed by atoms with Crippen molar-refractivity contribution in [3.05, 3.63) is 48.0 Å². The number of aryl methyl sites for hydroxylation is 1. The molecule has 7 heteroatoms. The topological polar surface area (TPSA) is 84.1 Å². The Morgan fingerprint density at radius 3 is 2.37 bits per heavy atom. The molecule has 3 aromatic rings. The predicted octanol–water partition coefficient (Wildman–Crippen LogP) is 3.88. The van der Waals surface area contributed by atoms with Crippen molar-refractivity contribution in [1.29, 1.82) is 5.26 Å². The molecule has 2 aromatic carbocycles. The summed E-state index contributed by atoms with van der Waals surface area (Å²) in [5.74, 6) is 0.720. The average molecular weight is 383 g/mol. The molecule has 27 heavy (non-hydrogen) atoms. The van der Waals surface area contributed by atoms with Gasteiger partial charge in [-0.3, -0.25) is 4.72 Å². The molecule has 0 saturated heterocycles. The number of nitrogens with one attached hydrogen (secondary N) is 1. The Morgan fingerprint density at radius 1 is 1.15 bits per heavy atom. The molecule has 0 fully saturated rings. The van der Waals surface area contributed by atoms with Gasteiger partial charge in [-0.15, -0.1) is 0 Å². The number of aromatic nitrogens is 1. The van der Waals surface area contributed by atoms with Crippen molar-refractivity contribution in [3.63, 3.8) is 0 Å². The largest absolute Gasteiger partial charge is 0.497 e. The van der Waals surface area contributed by atoms with Crippen LogP contribution in [0.4, 0.5) is 5.69 Å². The van der Waals surface area contributed by atoms with Crippen molar-refractivity contribution < 1.29 is 13.2 Å². The van der Waals surface area contributed by atoms with Gasteiger partial charge in [0.2, 0.25) is 10.0 Å². The molecule has 1 N–H and O–H groups in total. The lowest BCUT2D eigenvalue weighted by molar-refractivity contribution is 0.415. The van der Waals surface area contributed by atoms with Crippen LogP contribution in [0, 0.1) is 11.3 Å². The van der Waals surface area contributed by atoms with Gasteiger partial charge in [-0.2, -0.15) is 5.26 Å². The molecule has 1 aromatic heterocycles. The molecule has 6 nitrogen and oxygen atoms in total. The lowest BCUT2D eigenvalue weighted by atomic mass is 10.1. The van der Waals surface area contributed by atoms with Crippen LogP contribution < -0.4 is 9.46 Å². The van der Waals surface area contributed by atoms with Gasteiger partial charge in [0.05, 0.1) is 29.1 Å². The fourth-order valence-corrected chi connectivity index (χ4v) is 3.67. The summed E-state index contributed by atoms with van der Waals surface area (Å²) in [6, 6.07) is 14.9. The lowest BCUT2D eigenvalue weighted by Gasteiger charge is -2.11. The summed E-state index contributed by atoms with van der Waals surface area (Å²) >= 11 is 0. The molecule has 0 aliphatic carbocycles. The maximum atomic E-state index is 12.0. The fraction of sp³-hybridized carbons (Fsp3) is 0.250. The van der Waals surface area contributed by atoms with Crippen LogP contribution in [0.15, 0.2) is 42.5 Å². The fourth-order valence-electron chi connectivity index (χ4n) is 2.97. The number of benzene rings is 2. The van der Waals surface area contributed by atoms with E-state index in [9.17, 15) is 13.7 Å². The molecule has 0 atom stereocenters. The van der Waals surface area contributed by atoms with Gasteiger partial charge in [-0.25, -0.2) is 8.42 Å². The Labute approximate surface area is 159 Å². The van der Waals surface area contributed by atoms with Crippen molar-refractivity contribution in [2.75, 3.05) is 11.8 Å². The van der Waals surface area contributed by atoms with Gasteiger partial charge in [-0.1, -0.05) is 12.1 Å². The molecule has 1 heterocycles. The number of nitriles is 1. The van der Waals surface area contributed by atoms with E-state index >= 15 is 0 Å². The number of fused-ring (bicyclic) bond motifs is 1. The number of anilines is 1. The lowest BCUT2D eigenvalue weighted by Crippen LogP contribution is -2.22. The zero-order valence-corrected chi connectivity index (χ0v) is 16.5. The maximum absolute atomic E-state index is 12.0. The minimum atomic E-state index is -3.40. The van der Waals surface area contributed by atoms with E-state index in [1.54, 1.807) is 33.1 Å². The van der Waals surface area contributed by atoms with E-state index in [0.717, 1.165) is 27.9 Å². The van der Waals surface area contributed by atoms with Crippen LogP contribution >= 0.6 is 0 Å². The van der Waals surface area contributed by atoms with Crippen LogP contribution in [-0.2, 0) is 17.1 Å². The molecule has 0 amide bonds. The molecular weight excluding hydrogens is 362 g/mol. The van der Waals surface area contributed by atoms with Crippen molar-refractivity contribution in [2.24, 2.45) is 7.05 Å². The van der Waals surface area contributed by atoms with E-state index in [-0.39, 0.29) is 0 Å². The van der Waals surface area contributed by atoms with E-state index < -0.39 is 15.3 Å². The SMILES string of the molecule is COc1ccc2c(C#N)c(-c3ccc(NS(=O)(=O)C(C)C)cc3)n(C)c2c1. The molecule has 0 radical (unpaired) electrons. The maximum Gasteiger partial charge on any atom is 0.235 e. The first-order valence-corrected chi connectivity index (χ1v) is 10.0. The van der Waals surface area contributed by atoms with Gasteiger partial charge in [-0.05, 0) is 43.7 Å². The van der Waals surface area contributed by atoms with Crippen molar-refractivity contribution in [3.8, 4) is 23.1 Å². The number of hydrogen-bond acceptors (Lipinski definition) is 4. The van der Waals surface area contributed by atoms with E-state index in [0.29, 0.717) is 11.3 Å². The Bertz CT molecular complexity index is 1140. The summed E-state index contributed by atoms with van der Waals surface area (Å²) in [5, 5.41) is 10.0. The van der Waals surface area contributed by atoms with Gasteiger partial charge in [0.25, 0.3) is 0 Å². The molecule has 3 rings (SSSR count). The van der Waals surface area contributed by atoms with Crippen LogP contribution in [0.2, 0.25) is 0 Å². The summed E-state index contributed by atoms with van der Waals surface area (Å²) < 4.78 is 33.8. The minimum absolute atomic E-state index is 0.492. The van der Waals surface area contributed by atoms with Gasteiger partial charge >= 0.3 is 0 Å².